The van der Waals surface area contributed by atoms with E-state index >= 15 is 0 Å². The van der Waals surface area contributed by atoms with Gasteiger partial charge in [0.25, 0.3) is 0 Å². The third kappa shape index (κ3) is 3.04. The third-order valence-electron chi connectivity index (χ3n) is 3.18. The number of hydrogen-bond donors (Lipinski definition) is 0. The van der Waals surface area contributed by atoms with Crippen LogP contribution in [0.15, 0.2) is 18.3 Å². The Balaban J connectivity index is 1.92. The molecule has 4 nitrogen and oxygen atoms in total. The summed E-state index contributed by atoms with van der Waals surface area (Å²) in [6.45, 7) is 1.81. The van der Waals surface area contributed by atoms with Crippen LogP contribution in [0.3, 0.4) is 0 Å². The van der Waals surface area contributed by atoms with Gasteiger partial charge in [-0.1, -0.05) is 0 Å². The first-order valence-corrected chi connectivity index (χ1v) is 6.07. The molecule has 98 valence electrons. The van der Waals surface area contributed by atoms with Crippen molar-refractivity contribution in [2.75, 3.05) is 26.8 Å². The summed E-state index contributed by atoms with van der Waals surface area (Å²) in [5.74, 6) is -0.0209. The highest BCUT2D eigenvalue weighted by Crippen LogP contribution is 2.21. The molecule has 0 N–H and O–H groups in total. The van der Waals surface area contributed by atoms with Crippen LogP contribution < -0.4 is 0 Å². The second-order valence-corrected chi connectivity index (χ2v) is 4.54. The van der Waals surface area contributed by atoms with Crippen molar-refractivity contribution in [3.63, 3.8) is 0 Å². The van der Waals surface area contributed by atoms with Crippen LogP contribution in [0.25, 0.3) is 0 Å². The first-order chi connectivity index (χ1) is 8.70. The average molecular weight is 252 g/mol. The van der Waals surface area contributed by atoms with E-state index in [0.717, 1.165) is 0 Å². The Morgan fingerprint density at radius 3 is 3.17 bits per heavy atom. The number of rotatable bonds is 5. The lowest BCUT2D eigenvalue weighted by molar-refractivity contribution is -0.128. The molecule has 0 radical (unpaired) electrons. The molecule has 5 heteroatoms. The Labute approximate surface area is 106 Å². The number of pyridine rings is 1. The second-order valence-electron chi connectivity index (χ2n) is 4.54. The fourth-order valence-electron chi connectivity index (χ4n) is 2.25. The highest BCUT2D eigenvalue weighted by Gasteiger charge is 2.29. The Hall–Kier alpha value is -1.49. The van der Waals surface area contributed by atoms with Gasteiger partial charge in [-0.2, -0.15) is 0 Å². The van der Waals surface area contributed by atoms with E-state index in [9.17, 15) is 9.18 Å². The fraction of sp³-hybridized carbons (Fsp3) is 0.538. The lowest BCUT2D eigenvalue weighted by atomic mass is 10.0. The Kier molecular flexibility index (Phi) is 4.25. The third-order valence-corrected chi connectivity index (χ3v) is 3.18. The van der Waals surface area contributed by atoms with Crippen LogP contribution in [0.1, 0.15) is 12.1 Å². The van der Waals surface area contributed by atoms with Crippen LogP contribution in [-0.2, 0) is 16.0 Å². The number of carbonyl (C=O) groups is 1. The summed E-state index contributed by atoms with van der Waals surface area (Å²) in [5.41, 5.74) is 0.448. The van der Waals surface area contributed by atoms with Gasteiger partial charge < -0.3 is 9.64 Å². The van der Waals surface area contributed by atoms with Gasteiger partial charge in [-0.05, 0) is 24.5 Å². The molecule has 1 aromatic heterocycles. The Bertz CT molecular complexity index is 425. The zero-order chi connectivity index (χ0) is 13.0. The number of amides is 1. The number of aromatic nitrogens is 1. The lowest BCUT2D eigenvalue weighted by Crippen LogP contribution is -2.29. The number of ether oxygens (including phenoxy) is 1. The van der Waals surface area contributed by atoms with Crippen molar-refractivity contribution in [1.29, 1.82) is 0 Å². The minimum absolute atomic E-state index is 0.119. The number of nitrogens with zero attached hydrogens (tertiary/aromatic N) is 2. The number of likely N-dealkylation sites (tertiary alicyclic amines) is 1. The molecule has 1 aliphatic rings. The van der Waals surface area contributed by atoms with E-state index in [-0.39, 0.29) is 17.6 Å². The molecular weight excluding hydrogens is 235 g/mol. The SMILES string of the molecule is COCCN1C[C@H](Cc2ncccc2F)CC1=O. The van der Waals surface area contributed by atoms with Crippen molar-refractivity contribution in [3.05, 3.63) is 29.8 Å². The molecule has 1 saturated heterocycles. The number of carbonyl (C=O) groups excluding carboxylic acids is 1. The first-order valence-electron chi connectivity index (χ1n) is 6.07. The van der Waals surface area contributed by atoms with Crippen LogP contribution in [-0.4, -0.2) is 42.6 Å². The van der Waals surface area contributed by atoms with Crippen LogP contribution in [0.2, 0.25) is 0 Å². The maximum Gasteiger partial charge on any atom is 0.223 e. The van der Waals surface area contributed by atoms with Crippen molar-refractivity contribution in [2.24, 2.45) is 5.92 Å². The maximum atomic E-state index is 13.5. The predicted molar refractivity (Wildman–Crippen MR) is 64.5 cm³/mol. The van der Waals surface area contributed by atoms with Gasteiger partial charge in [0.2, 0.25) is 5.91 Å². The van der Waals surface area contributed by atoms with Gasteiger partial charge >= 0.3 is 0 Å². The van der Waals surface area contributed by atoms with Crippen molar-refractivity contribution in [2.45, 2.75) is 12.8 Å². The number of methoxy groups -OCH3 is 1. The van der Waals surface area contributed by atoms with Crippen LogP contribution in [0.4, 0.5) is 4.39 Å². The summed E-state index contributed by atoms with van der Waals surface area (Å²) in [7, 11) is 1.61. The van der Waals surface area contributed by atoms with E-state index < -0.39 is 0 Å². The molecule has 2 heterocycles. The summed E-state index contributed by atoms with van der Waals surface area (Å²) < 4.78 is 18.4. The van der Waals surface area contributed by atoms with Crippen LogP contribution in [0.5, 0.6) is 0 Å². The van der Waals surface area contributed by atoms with E-state index in [1.807, 2.05) is 0 Å². The summed E-state index contributed by atoms with van der Waals surface area (Å²) in [4.78, 5) is 17.5. The minimum Gasteiger partial charge on any atom is -0.383 e. The standard InChI is InChI=1S/C13H17FN2O2/c1-18-6-5-16-9-10(8-13(16)17)7-12-11(14)3-2-4-15-12/h2-4,10H,5-9H2,1H3/t10-/m1/s1. The van der Waals surface area contributed by atoms with Gasteiger partial charge in [-0.25, -0.2) is 4.39 Å². The van der Waals surface area contributed by atoms with E-state index in [4.69, 9.17) is 4.74 Å². The number of halogens is 1. The molecule has 1 atom stereocenters. The quantitative estimate of drug-likeness (QED) is 0.792. The molecule has 2 rings (SSSR count). The largest absolute Gasteiger partial charge is 0.383 e. The van der Waals surface area contributed by atoms with Gasteiger partial charge in [0.05, 0.1) is 12.3 Å². The molecule has 0 aliphatic carbocycles. The second kappa shape index (κ2) is 5.91. The molecule has 0 saturated carbocycles. The van der Waals surface area contributed by atoms with Crippen molar-refractivity contribution in [1.82, 2.24) is 9.88 Å². The zero-order valence-corrected chi connectivity index (χ0v) is 10.4. The normalized spacial score (nSPS) is 19.6. The van der Waals surface area contributed by atoms with E-state index in [0.29, 0.717) is 38.2 Å². The zero-order valence-electron chi connectivity index (χ0n) is 10.4. The maximum absolute atomic E-state index is 13.5. The van der Waals surface area contributed by atoms with Crippen molar-refractivity contribution in [3.8, 4) is 0 Å². The summed E-state index contributed by atoms with van der Waals surface area (Å²) in [5, 5.41) is 0. The minimum atomic E-state index is -0.291. The molecule has 0 aromatic carbocycles. The monoisotopic (exact) mass is 252 g/mol. The molecule has 1 aromatic rings. The Morgan fingerprint density at radius 2 is 2.44 bits per heavy atom. The summed E-state index contributed by atoms with van der Waals surface area (Å²) in [6, 6.07) is 2.98. The van der Waals surface area contributed by atoms with Gasteiger partial charge in [0.1, 0.15) is 5.82 Å². The van der Waals surface area contributed by atoms with Gasteiger partial charge in [-0.15, -0.1) is 0 Å². The molecule has 18 heavy (non-hydrogen) atoms. The van der Waals surface area contributed by atoms with Crippen molar-refractivity contribution < 1.29 is 13.9 Å². The van der Waals surface area contributed by atoms with Crippen LogP contribution in [0, 0.1) is 11.7 Å². The predicted octanol–water partition coefficient (Wildman–Crippen LogP) is 1.26. The molecule has 0 unspecified atom stereocenters. The molecule has 1 amide bonds. The van der Waals surface area contributed by atoms with E-state index in [1.165, 1.54) is 6.07 Å². The highest BCUT2D eigenvalue weighted by molar-refractivity contribution is 5.78. The van der Waals surface area contributed by atoms with Gasteiger partial charge in [-0.3, -0.25) is 9.78 Å². The Morgan fingerprint density at radius 1 is 1.61 bits per heavy atom. The van der Waals surface area contributed by atoms with Crippen LogP contribution >= 0.6 is 0 Å². The summed E-state index contributed by atoms with van der Waals surface area (Å²) in [6.07, 6.45) is 2.57. The number of hydrogen-bond acceptors (Lipinski definition) is 3. The average Bonchev–Trinajstić information content (AvgIpc) is 2.70. The fourth-order valence-corrected chi connectivity index (χ4v) is 2.25. The van der Waals surface area contributed by atoms with Gasteiger partial charge in [0, 0.05) is 32.8 Å². The van der Waals surface area contributed by atoms with E-state index in [1.54, 1.807) is 24.3 Å². The molecule has 1 fully saturated rings. The first kappa shape index (κ1) is 13.0. The van der Waals surface area contributed by atoms with Crippen molar-refractivity contribution >= 4 is 5.91 Å². The smallest absolute Gasteiger partial charge is 0.223 e. The lowest BCUT2D eigenvalue weighted by Gasteiger charge is -2.15. The molecule has 0 spiro atoms. The molecule has 0 bridgehead atoms. The topological polar surface area (TPSA) is 42.4 Å². The molecular formula is C13H17FN2O2. The van der Waals surface area contributed by atoms with E-state index in [2.05, 4.69) is 4.98 Å². The highest BCUT2D eigenvalue weighted by atomic mass is 19.1. The summed E-state index contributed by atoms with van der Waals surface area (Å²) >= 11 is 0. The van der Waals surface area contributed by atoms with Gasteiger partial charge in [0.15, 0.2) is 0 Å². The molecule has 1 aliphatic heterocycles.